The van der Waals surface area contributed by atoms with Gasteiger partial charge in [0, 0.05) is 5.56 Å². The van der Waals surface area contributed by atoms with Crippen LogP contribution in [0.25, 0.3) is 0 Å². The molecule has 0 spiro atoms. The number of imide groups is 1. The average Bonchev–Trinajstić information content (AvgIpc) is 3.42. The molecule has 1 heterocycles. The third kappa shape index (κ3) is 3.22. The summed E-state index contributed by atoms with van der Waals surface area (Å²) in [4.78, 5) is 52.4. The summed E-state index contributed by atoms with van der Waals surface area (Å²) in [6.07, 6.45) is 4.85. The Bertz CT molecular complexity index is 888. The zero-order valence-corrected chi connectivity index (χ0v) is 17.2. The second-order valence-electron chi connectivity index (χ2n) is 8.49. The zero-order chi connectivity index (χ0) is 21.6. The number of rotatable bonds is 7. The highest BCUT2D eigenvalue weighted by molar-refractivity contribution is 6.09. The lowest BCUT2D eigenvalue weighted by Crippen LogP contribution is -2.50. The number of ketones is 1. The first kappa shape index (κ1) is 20.3. The number of fused-ring (bicyclic) bond motifs is 5. The molecule has 30 heavy (non-hydrogen) atoms. The number of likely N-dealkylation sites (tertiary alicyclic amines) is 1. The van der Waals surface area contributed by atoms with Gasteiger partial charge in [0.2, 0.25) is 11.8 Å². The number of esters is 1. The van der Waals surface area contributed by atoms with Crippen LogP contribution in [0.1, 0.15) is 30.6 Å². The standard InChI is InChI=1S/C23H25NO6/c1-12(2)20(23(28)30-11-17(25)13-6-8-16(29-3)9-7-13)24-21(26)18-14-4-5-15(10-14)19(18)22(24)27/h4-9,12,14-15,18-20H,10-11H2,1-3H3/t14-,15-,18-,19+,20-/m1/s1. The molecule has 1 saturated carbocycles. The fourth-order valence-corrected chi connectivity index (χ4v) is 4.96. The number of ether oxygens (including phenoxy) is 2. The minimum atomic E-state index is -1.03. The largest absolute Gasteiger partial charge is 0.497 e. The molecule has 7 nitrogen and oxygen atoms in total. The molecule has 5 atom stereocenters. The maximum absolute atomic E-state index is 13.0. The van der Waals surface area contributed by atoms with Gasteiger partial charge in [-0.25, -0.2) is 4.79 Å². The van der Waals surface area contributed by atoms with Gasteiger partial charge in [0.25, 0.3) is 0 Å². The maximum atomic E-state index is 13.0. The molecule has 0 radical (unpaired) electrons. The topological polar surface area (TPSA) is 90.0 Å². The van der Waals surface area contributed by atoms with E-state index in [0.29, 0.717) is 11.3 Å². The molecule has 0 aromatic heterocycles. The molecule has 2 bridgehead atoms. The molecule has 158 valence electrons. The van der Waals surface area contributed by atoms with Crippen LogP contribution >= 0.6 is 0 Å². The van der Waals surface area contributed by atoms with Crippen LogP contribution in [-0.4, -0.2) is 48.2 Å². The lowest BCUT2D eigenvalue weighted by atomic mass is 9.85. The number of allylic oxidation sites excluding steroid dienone is 2. The number of Topliss-reactive ketones (excluding diaryl/α,β-unsaturated/α-hetero) is 1. The minimum absolute atomic E-state index is 0.0712. The smallest absolute Gasteiger partial charge is 0.330 e. The summed E-state index contributed by atoms with van der Waals surface area (Å²) in [5, 5.41) is 0. The van der Waals surface area contributed by atoms with Crippen LogP contribution in [0.2, 0.25) is 0 Å². The van der Waals surface area contributed by atoms with E-state index in [1.807, 2.05) is 12.2 Å². The summed E-state index contributed by atoms with van der Waals surface area (Å²) in [5.74, 6) is -2.00. The number of benzene rings is 1. The molecule has 0 unspecified atom stereocenters. The summed E-state index contributed by atoms with van der Waals surface area (Å²) in [6, 6.07) is 5.45. The van der Waals surface area contributed by atoms with E-state index < -0.39 is 18.6 Å². The lowest BCUT2D eigenvalue weighted by molar-refractivity contribution is -0.160. The average molecular weight is 411 g/mol. The predicted molar refractivity (Wildman–Crippen MR) is 106 cm³/mol. The highest BCUT2D eigenvalue weighted by atomic mass is 16.5. The molecule has 1 aromatic carbocycles. The first-order valence-corrected chi connectivity index (χ1v) is 10.2. The molecule has 1 aromatic rings. The van der Waals surface area contributed by atoms with E-state index in [0.717, 1.165) is 11.3 Å². The van der Waals surface area contributed by atoms with Gasteiger partial charge in [0.15, 0.2) is 12.4 Å². The fourth-order valence-electron chi connectivity index (χ4n) is 4.96. The van der Waals surface area contributed by atoms with Gasteiger partial charge >= 0.3 is 5.97 Å². The Labute approximate surface area is 175 Å². The van der Waals surface area contributed by atoms with Gasteiger partial charge in [0.05, 0.1) is 18.9 Å². The maximum Gasteiger partial charge on any atom is 0.330 e. The van der Waals surface area contributed by atoms with Crippen molar-refractivity contribution < 1.29 is 28.7 Å². The van der Waals surface area contributed by atoms with Gasteiger partial charge in [-0.2, -0.15) is 0 Å². The van der Waals surface area contributed by atoms with Crippen molar-refractivity contribution in [1.29, 1.82) is 0 Å². The molecule has 3 aliphatic rings. The monoisotopic (exact) mass is 411 g/mol. The first-order valence-electron chi connectivity index (χ1n) is 10.2. The van der Waals surface area contributed by atoms with Crippen LogP contribution in [-0.2, 0) is 19.1 Å². The van der Waals surface area contributed by atoms with E-state index >= 15 is 0 Å². The number of hydrogen-bond acceptors (Lipinski definition) is 6. The quantitative estimate of drug-likeness (QED) is 0.296. The van der Waals surface area contributed by atoms with Crippen molar-refractivity contribution in [3.05, 3.63) is 42.0 Å². The Balaban J connectivity index is 1.45. The van der Waals surface area contributed by atoms with Gasteiger partial charge in [-0.15, -0.1) is 0 Å². The van der Waals surface area contributed by atoms with Crippen molar-refractivity contribution in [2.45, 2.75) is 26.3 Å². The highest BCUT2D eigenvalue weighted by Crippen LogP contribution is 2.53. The van der Waals surface area contributed by atoms with Crippen LogP contribution < -0.4 is 4.74 Å². The zero-order valence-electron chi connectivity index (χ0n) is 17.2. The molecular formula is C23H25NO6. The van der Waals surface area contributed by atoms with E-state index in [1.165, 1.54) is 7.11 Å². The number of carbonyl (C=O) groups is 4. The molecular weight excluding hydrogens is 386 g/mol. The first-order chi connectivity index (χ1) is 14.3. The number of amides is 2. The molecule has 2 aliphatic carbocycles. The second-order valence-corrected chi connectivity index (χ2v) is 8.49. The van der Waals surface area contributed by atoms with E-state index in [-0.39, 0.29) is 47.2 Å². The summed E-state index contributed by atoms with van der Waals surface area (Å²) in [6.45, 7) is 3.07. The van der Waals surface area contributed by atoms with Crippen LogP contribution in [0.3, 0.4) is 0 Å². The van der Waals surface area contributed by atoms with Crippen molar-refractivity contribution in [2.75, 3.05) is 13.7 Å². The molecule has 1 saturated heterocycles. The Morgan fingerprint density at radius 3 is 2.10 bits per heavy atom. The van der Waals surface area contributed by atoms with Crippen LogP contribution in [0.15, 0.2) is 36.4 Å². The third-order valence-electron chi connectivity index (χ3n) is 6.41. The van der Waals surface area contributed by atoms with Gasteiger partial charge in [-0.3, -0.25) is 19.3 Å². The number of nitrogens with zero attached hydrogens (tertiary/aromatic N) is 1. The molecule has 2 fully saturated rings. The molecule has 7 heteroatoms. The van der Waals surface area contributed by atoms with Crippen LogP contribution in [0.4, 0.5) is 0 Å². The summed E-state index contributed by atoms with van der Waals surface area (Å²) >= 11 is 0. The van der Waals surface area contributed by atoms with Crippen molar-refractivity contribution >= 4 is 23.6 Å². The normalized spacial score (nSPS) is 27.5. The number of methoxy groups -OCH3 is 1. The van der Waals surface area contributed by atoms with Crippen molar-refractivity contribution in [2.24, 2.45) is 29.6 Å². The van der Waals surface area contributed by atoms with Crippen molar-refractivity contribution in [3.63, 3.8) is 0 Å². The Hall–Kier alpha value is -2.96. The molecule has 0 N–H and O–H groups in total. The van der Waals surface area contributed by atoms with Crippen LogP contribution in [0, 0.1) is 29.6 Å². The Morgan fingerprint density at radius 2 is 1.60 bits per heavy atom. The predicted octanol–water partition coefficient (Wildman–Crippen LogP) is 2.25. The van der Waals surface area contributed by atoms with E-state index in [9.17, 15) is 19.2 Å². The minimum Gasteiger partial charge on any atom is -0.497 e. The number of hydrogen-bond donors (Lipinski definition) is 0. The van der Waals surface area contributed by atoms with E-state index in [1.54, 1.807) is 38.1 Å². The SMILES string of the molecule is COc1ccc(C(=O)COC(=O)[C@@H](C(C)C)N2C(=O)[C@@H]3[C@H](C2=O)[C@@H]2C=C[C@@H]3C2)cc1. The molecule has 4 rings (SSSR count). The number of carbonyl (C=O) groups excluding carboxylic acids is 4. The highest BCUT2D eigenvalue weighted by Gasteiger charge is 2.61. The van der Waals surface area contributed by atoms with E-state index in [4.69, 9.17) is 9.47 Å². The Kier molecular flexibility index (Phi) is 5.22. The molecule has 1 aliphatic heterocycles. The second kappa shape index (κ2) is 7.70. The van der Waals surface area contributed by atoms with Gasteiger partial charge in [-0.05, 0) is 48.4 Å². The summed E-state index contributed by atoms with van der Waals surface area (Å²) in [5.41, 5.74) is 0.384. The van der Waals surface area contributed by atoms with Crippen LogP contribution in [0.5, 0.6) is 5.75 Å². The third-order valence-corrected chi connectivity index (χ3v) is 6.41. The Morgan fingerprint density at radius 1 is 1.03 bits per heavy atom. The summed E-state index contributed by atoms with van der Waals surface area (Å²) < 4.78 is 10.3. The van der Waals surface area contributed by atoms with E-state index in [2.05, 4.69) is 0 Å². The van der Waals surface area contributed by atoms with Crippen molar-refractivity contribution in [1.82, 2.24) is 4.90 Å². The summed E-state index contributed by atoms with van der Waals surface area (Å²) in [7, 11) is 1.53. The van der Waals surface area contributed by atoms with Gasteiger partial charge in [0.1, 0.15) is 11.8 Å². The lowest BCUT2D eigenvalue weighted by Gasteiger charge is -2.28. The van der Waals surface area contributed by atoms with Gasteiger partial charge in [-0.1, -0.05) is 26.0 Å². The fraction of sp³-hybridized carbons (Fsp3) is 0.478. The van der Waals surface area contributed by atoms with Gasteiger partial charge < -0.3 is 9.47 Å². The van der Waals surface area contributed by atoms with Crippen molar-refractivity contribution in [3.8, 4) is 5.75 Å². The molecule has 2 amide bonds.